The average molecular weight is 342 g/mol. The summed E-state index contributed by atoms with van der Waals surface area (Å²) in [6, 6.07) is 9.96. The second-order valence-corrected chi connectivity index (χ2v) is 6.88. The summed E-state index contributed by atoms with van der Waals surface area (Å²) in [6.45, 7) is 1.71. The normalized spacial score (nSPS) is 14.5. The van der Waals surface area contributed by atoms with Gasteiger partial charge in [0.15, 0.2) is 0 Å². The number of nitrogens with zero attached hydrogens (tertiary/aromatic N) is 2. The minimum atomic E-state index is 0.107. The van der Waals surface area contributed by atoms with E-state index < -0.39 is 0 Å². The number of carbonyl (C=O) groups excluding carboxylic acids is 1. The fraction of sp³-hybridized carbons (Fsp3) is 0.368. The number of thioether (sulfide) groups is 1. The molecule has 0 saturated carbocycles. The van der Waals surface area contributed by atoms with Crippen molar-refractivity contribution in [3.05, 3.63) is 53.9 Å². The predicted octanol–water partition coefficient (Wildman–Crippen LogP) is 4.01. The van der Waals surface area contributed by atoms with E-state index in [0.717, 1.165) is 42.3 Å². The quantitative estimate of drug-likeness (QED) is 0.770. The van der Waals surface area contributed by atoms with Crippen molar-refractivity contribution >= 4 is 17.7 Å². The molecule has 4 nitrogen and oxygen atoms in total. The summed E-state index contributed by atoms with van der Waals surface area (Å²) in [5.41, 5.74) is 1.89. The highest BCUT2D eigenvalue weighted by Gasteiger charge is 2.21. The largest absolute Gasteiger partial charge is 0.497 e. The first-order valence-electron chi connectivity index (χ1n) is 8.27. The molecule has 1 aromatic carbocycles. The third kappa shape index (κ3) is 4.09. The van der Waals surface area contributed by atoms with Crippen LogP contribution < -0.4 is 4.74 Å². The third-order valence-corrected chi connectivity index (χ3v) is 5.33. The summed E-state index contributed by atoms with van der Waals surface area (Å²) in [4.78, 5) is 19.9. The molecule has 1 fully saturated rings. The van der Waals surface area contributed by atoms with Crippen LogP contribution in [-0.4, -0.2) is 36.0 Å². The highest BCUT2D eigenvalue weighted by Crippen LogP contribution is 2.28. The fourth-order valence-electron chi connectivity index (χ4n) is 2.86. The van der Waals surface area contributed by atoms with Crippen LogP contribution >= 0.6 is 11.8 Å². The number of methoxy groups -OCH3 is 1. The zero-order valence-corrected chi connectivity index (χ0v) is 14.7. The van der Waals surface area contributed by atoms with Crippen LogP contribution in [0.5, 0.6) is 5.75 Å². The minimum Gasteiger partial charge on any atom is -0.497 e. The Labute approximate surface area is 147 Å². The lowest BCUT2D eigenvalue weighted by atomic mass is 10.1. The molecule has 0 bridgehead atoms. The van der Waals surface area contributed by atoms with Crippen LogP contribution in [0.1, 0.15) is 35.2 Å². The number of ether oxygens (including phenoxy) is 1. The van der Waals surface area contributed by atoms with Gasteiger partial charge in [0.2, 0.25) is 0 Å². The third-order valence-electron chi connectivity index (χ3n) is 4.18. The van der Waals surface area contributed by atoms with Gasteiger partial charge < -0.3 is 9.64 Å². The SMILES string of the molecule is COc1cccc(CSc2ccncc2C(=O)N2CCCCC2)c1. The Bertz CT molecular complexity index is 699. The van der Waals surface area contributed by atoms with Gasteiger partial charge in [0.05, 0.1) is 12.7 Å². The van der Waals surface area contributed by atoms with E-state index in [1.165, 1.54) is 12.0 Å². The molecule has 1 aromatic heterocycles. The van der Waals surface area contributed by atoms with Gasteiger partial charge in [-0.15, -0.1) is 11.8 Å². The Morgan fingerprint density at radius 3 is 2.88 bits per heavy atom. The van der Waals surface area contributed by atoms with Crippen LogP contribution in [0.2, 0.25) is 0 Å². The molecule has 0 radical (unpaired) electrons. The van der Waals surface area contributed by atoms with Crippen LogP contribution in [0.25, 0.3) is 0 Å². The van der Waals surface area contributed by atoms with Crippen molar-refractivity contribution in [2.24, 2.45) is 0 Å². The molecule has 0 N–H and O–H groups in total. The monoisotopic (exact) mass is 342 g/mol. The summed E-state index contributed by atoms with van der Waals surface area (Å²) in [5, 5.41) is 0. The van der Waals surface area contributed by atoms with E-state index >= 15 is 0 Å². The van der Waals surface area contributed by atoms with Crippen LogP contribution in [0, 0.1) is 0 Å². The van der Waals surface area contributed by atoms with Gasteiger partial charge in [0, 0.05) is 36.1 Å². The van der Waals surface area contributed by atoms with Gasteiger partial charge in [-0.05, 0) is 43.0 Å². The Morgan fingerprint density at radius 1 is 1.25 bits per heavy atom. The van der Waals surface area contributed by atoms with Crippen molar-refractivity contribution in [2.75, 3.05) is 20.2 Å². The second-order valence-electron chi connectivity index (χ2n) is 5.86. The number of benzene rings is 1. The number of hydrogen-bond donors (Lipinski definition) is 0. The topological polar surface area (TPSA) is 42.4 Å². The molecule has 0 aliphatic carbocycles. The molecule has 0 spiro atoms. The molecule has 0 atom stereocenters. The lowest BCUT2D eigenvalue weighted by Crippen LogP contribution is -2.35. The molecular formula is C19H22N2O2S. The summed E-state index contributed by atoms with van der Waals surface area (Å²) in [6.07, 6.45) is 6.86. The van der Waals surface area contributed by atoms with Crippen LogP contribution in [0.3, 0.4) is 0 Å². The first-order chi connectivity index (χ1) is 11.8. The summed E-state index contributed by atoms with van der Waals surface area (Å²) in [7, 11) is 1.67. The Kier molecular flexibility index (Phi) is 5.75. The van der Waals surface area contributed by atoms with Crippen molar-refractivity contribution in [1.29, 1.82) is 0 Å². The van der Waals surface area contributed by atoms with Crippen LogP contribution in [-0.2, 0) is 5.75 Å². The van der Waals surface area contributed by atoms with Crippen molar-refractivity contribution in [2.45, 2.75) is 29.9 Å². The maximum Gasteiger partial charge on any atom is 0.256 e. The van der Waals surface area contributed by atoms with Crippen LogP contribution in [0.15, 0.2) is 47.6 Å². The molecule has 1 saturated heterocycles. The number of aromatic nitrogens is 1. The van der Waals surface area contributed by atoms with Crippen molar-refractivity contribution in [1.82, 2.24) is 9.88 Å². The smallest absolute Gasteiger partial charge is 0.256 e. The van der Waals surface area contributed by atoms with Gasteiger partial charge in [-0.25, -0.2) is 0 Å². The minimum absolute atomic E-state index is 0.107. The zero-order valence-electron chi connectivity index (χ0n) is 13.9. The van der Waals surface area contributed by atoms with E-state index in [9.17, 15) is 4.79 Å². The number of amides is 1. The summed E-state index contributed by atoms with van der Waals surface area (Å²) in [5.74, 6) is 1.75. The Balaban J connectivity index is 1.72. The Hall–Kier alpha value is -2.01. The standard InChI is InChI=1S/C19H22N2O2S/c1-23-16-7-5-6-15(12-16)14-24-18-8-9-20-13-17(18)19(22)21-10-3-2-4-11-21/h5-9,12-13H,2-4,10-11,14H2,1H3. The van der Waals surface area contributed by atoms with Gasteiger partial charge in [-0.1, -0.05) is 12.1 Å². The van der Waals surface area contributed by atoms with E-state index in [2.05, 4.69) is 11.1 Å². The maximum atomic E-state index is 12.8. The molecular weight excluding hydrogens is 320 g/mol. The lowest BCUT2D eigenvalue weighted by molar-refractivity contribution is 0.0720. The van der Waals surface area contributed by atoms with E-state index in [0.29, 0.717) is 5.56 Å². The highest BCUT2D eigenvalue weighted by atomic mass is 32.2. The molecule has 0 unspecified atom stereocenters. The molecule has 2 aromatic rings. The number of rotatable bonds is 5. The molecule has 1 aliphatic rings. The van der Waals surface area contributed by atoms with Gasteiger partial charge in [-0.3, -0.25) is 9.78 Å². The molecule has 126 valence electrons. The predicted molar refractivity (Wildman–Crippen MR) is 96.5 cm³/mol. The molecule has 1 aliphatic heterocycles. The van der Waals surface area contributed by atoms with Gasteiger partial charge >= 0.3 is 0 Å². The summed E-state index contributed by atoms with van der Waals surface area (Å²) < 4.78 is 5.27. The van der Waals surface area contributed by atoms with Crippen LogP contribution in [0.4, 0.5) is 0 Å². The van der Waals surface area contributed by atoms with E-state index in [-0.39, 0.29) is 5.91 Å². The first-order valence-corrected chi connectivity index (χ1v) is 9.25. The first kappa shape index (κ1) is 16.8. The maximum absolute atomic E-state index is 12.8. The van der Waals surface area contributed by atoms with Crippen molar-refractivity contribution < 1.29 is 9.53 Å². The van der Waals surface area contributed by atoms with E-state index in [1.54, 1.807) is 31.3 Å². The number of carbonyl (C=O) groups is 1. The highest BCUT2D eigenvalue weighted by molar-refractivity contribution is 7.98. The van der Waals surface area contributed by atoms with Crippen molar-refractivity contribution in [3.63, 3.8) is 0 Å². The number of pyridine rings is 1. The van der Waals surface area contributed by atoms with Crippen molar-refractivity contribution in [3.8, 4) is 5.75 Å². The molecule has 24 heavy (non-hydrogen) atoms. The zero-order chi connectivity index (χ0) is 16.8. The molecule has 2 heterocycles. The Morgan fingerprint density at radius 2 is 2.08 bits per heavy atom. The number of likely N-dealkylation sites (tertiary alicyclic amines) is 1. The van der Waals surface area contributed by atoms with Gasteiger partial charge in [0.1, 0.15) is 5.75 Å². The number of piperidine rings is 1. The van der Waals surface area contributed by atoms with E-state index in [4.69, 9.17) is 4.74 Å². The van der Waals surface area contributed by atoms with E-state index in [1.807, 2.05) is 29.2 Å². The average Bonchev–Trinajstić information content (AvgIpc) is 2.67. The van der Waals surface area contributed by atoms with Gasteiger partial charge in [-0.2, -0.15) is 0 Å². The number of hydrogen-bond acceptors (Lipinski definition) is 4. The lowest BCUT2D eigenvalue weighted by Gasteiger charge is -2.27. The molecule has 1 amide bonds. The molecule has 3 rings (SSSR count). The van der Waals surface area contributed by atoms with Gasteiger partial charge in [0.25, 0.3) is 5.91 Å². The fourth-order valence-corrected chi connectivity index (χ4v) is 3.81. The molecule has 5 heteroatoms. The second kappa shape index (κ2) is 8.20. The summed E-state index contributed by atoms with van der Waals surface area (Å²) >= 11 is 1.67.